The van der Waals surface area contributed by atoms with Crippen molar-refractivity contribution >= 4 is 0 Å². The molecule has 0 aliphatic carbocycles. The third-order valence-electron chi connectivity index (χ3n) is 3.41. The smallest absolute Gasteiger partial charge is 0.115 e. The minimum atomic E-state index is 0.324. The van der Waals surface area contributed by atoms with Crippen molar-refractivity contribution in [3.8, 4) is 5.75 Å². The lowest BCUT2D eigenvalue weighted by atomic mass is 10.1. The van der Waals surface area contributed by atoms with Gasteiger partial charge in [-0.05, 0) is 56.0 Å². The zero-order valence-corrected chi connectivity index (χ0v) is 12.1. The zero-order chi connectivity index (χ0) is 14.4. The summed E-state index contributed by atoms with van der Waals surface area (Å²) in [5, 5.41) is 12.7. The fourth-order valence-electron chi connectivity index (χ4n) is 2.03. The Morgan fingerprint density at radius 2 is 1.90 bits per heavy atom. The lowest BCUT2D eigenvalue weighted by molar-refractivity contribution is 0.474. The molecule has 0 saturated heterocycles. The summed E-state index contributed by atoms with van der Waals surface area (Å²) in [4.78, 5) is 4.39. The van der Waals surface area contributed by atoms with Crippen molar-refractivity contribution in [3.63, 3.8) is 0 Å². The Morgan fingerprint density at radius 3 is 2.55 bits per heavy atom. The van der Waals surface area contributed by atoms with Crippen LogP contribution in [0, 0.1) is 6.92 Å². The largest absolute Gasteiger partial charge is 0.508 e. The Morgan fingerprint density at radius 1 is 1.15 bits per heavy atom. The lowest BCUT2D eigenvalue weighted by Crippen LogP contribution is -2.26. The number of rotatable bonds is 6. The Balaban J connectivity index is 1.73. The van der Waals surface area contributed by atoms with Gasteiger partial charge in [0.2, 0.25) is 0 Å². The van der Waals surface area contributed by atoms with Crippen molar-refractivity contribution in [3.05, 3.63) is 59.4 Å². The van der Waals surface area contributed by atoms with Gasteiger partial charge in [-0.1, -0.05) is 18.2 Å². The molecule has 0 radical (unpaired) electrons. The summed E-state index contributed by atoms with van der Waals surface area (Å²) >= 11 is 0. The van der Waals surface area contributed by atoms with Crippen molar-refractivity contribution in [1.29, 1.82) is 0 Å². The molecule has 0 fully saturated rings. The van der Waals surface area contributed by atoms with Crippen LogP contribution in [-0.4, -0.2) is 16.1 Å². The molecule has 1 heterocycles. The highest BCUT2D eigenvalue weighted by Crippen LogP contribution is 2.12. The molecule has 106 valence electrons. The van der Waals surface area contributed by atoms with Gasteiger partial charge in [-0.2, -0.15) is 0 Å². The van der Waals surface area contributed by atoms with Crippen LogP contribution in [-0.2, 0) is 13.0 Å². The number of pyridine rings is 1. The summed E-state index contributed by atoms with van der Waals surface area (Å²) in [6.07, 6.45) is 3.98. The molecular formula is C17H22N2O. The van der Waals surface area contributed by atoms with E-state index in [4.69, 9.17) is 0 Å². The van der Waals surface area contributed by atoms with Crippen LogP contribution < -0.4 is 5.32 Å². The maximum Gasteiger partial charge on any atom is 0.115 e. The number of nitrogens with one attached hydrogen (secondary N) is 1. The number of aryl methyl sites for hydroxylation is 2. The van der Waals surface area contributed by atoms with Crippen molar-refractivity contribution < 1.29 is 5.11 Å². The first-order valence-electron chi connectivity index (χ1n) is 7.06. The summed E-state index contributed by atoms with van der Waals surface area (Å²) in [6.45, 7) is 5.04. The molecule has 1 aromatic carbocycles. The highest BCUT2D eigenvalue weighted by atomic mass is 16.3. The van der Waals surface area contributed by atoms with E-state index in [9.17, 15) is 5.11 Å². The predicted molar refractivity (Wildman–Crippen MR) is 81.7 cm³/mol. The van der Waals surface area contributed by atoms with E-state index in [2.05, 4.69) is 29.4 Å². The number of hydrogen-bond donors (Lipinski definition) is 2. The van der Waals surface area contributed by atoms with Crippen LogP contribution in [0.2, 0.25) is 0 Å². The normalized spacial score (nSPS) is 12.3. The third kappa shape index (κ3) is 4.67. The van der Waals surface area contributed by atoms with Gasteiger partial charge >= 0.3 is 0 Å². The zero-order valence-electron chi connectivity index (χ0n) is 12.1. The lowest BCUT2D eigenvalue weighted by Gasteiger charge is -2.13. The second-order valence-corrected chi connectivity index (χ2v) is 5.31. The van der Waals surface area contributed by atoms with Gasteiger partial charge in [0, 0.05) is 18.8 Å². The van der Waals surface area contributed by atoms with Gasteiger partial charge < -0.3 is 10.4 Å². The molecule has 0 amide bonds. The average molecular weight is 270 g/mol. The topological polar surface area (TPSA) is 45.1 Å². The molecule has 0 saturated carbocycles. The Hall–Kier alpha value is -1.87. The van der Waals surface area contributed by atoms with Crippen LogP contribution in [0.4, 0.5) is 0 Å². The first-order valence-corrected chi connectivity index (χ1v) is 7.06. The summed E-state index contributed by atoms with van der Waals surface area (Å²) in [6, 6.07) is 12.0. The SMILES string of the molecule is Cc1ccc(CNC(C)CCc2ccc(O)cc2)nc1. The first-order chi connectivity index (χ1) is 9.63. The number of nitrogens with zero attached hydrogens (tertiary/aromatic N) is 1. The molecule has 0 spiro atoms. The maximum absolute atomic E-state index is 9.24. The molecule has 1 aromatic heterocycles. The van der Waals surface area contributed by atoms with Gasteiger partial charge in [0.25, 0.3) is 0 Å². The van der Waals surface area contributed by atoms with Crippen LogP contribution >= 0.6 is 0 Å². The number of hydrogen-bond acceptors (Lipinski definition) is 3. The molecule has 0 aliphatic heterocycles. The van der Waals surface area contributed by atoms with Crippen LogP contribution in [0.1, 0.15) is 30.2 Å². The molecule has 1 atom stereocenters. The number of phenolic OH excluding ortho intramolecular Hbond substituents is 1. The average Bonchev–Trinajstić information content (AvgIpc) is 2.46. The molecule has 3 nitrogen and oxygen atoms in total. The molecule has 2 N–H and O–H groups in total. The molecule has 0 bridgehead atoms. The standard InChI is InChI=1S/C17H22N2O/c1-13-3-8-16(19-11-13)12-18-14(2)4-5-15-6-9-17(20)10-7-15/h3,6-11,14,18,20H,4-5,12H2,1-2H3. The molecule has 0 aliphatic rings. The minimum Gasteiger partial charge on any atom is -0.508 e. The number of benzene rings is 1. The quantitative estimate of drug-likeness (QED) is 0.847. The third-order valence-corrected chi connectivity index (χ3v) is 3.41. The van der Waals surface area contributed by atoms with Gasteiger partial charge in [-0.3, -0.25) is 4.98 Å². The molecule has 3 heteroatoms. The molecule has 1 unspecified atom stereocenters. The second kappa shape index (κ2) is 7.06. The fourth-order valence-corrected chi connectivity index (χ4v) is 2.03. The van der Waals surface area contributed by atoms with Gasteiger partial charge in [0.05, 0.1) is 5.69 Å². The van der Waals surface area contributed by atoms with Crippen molar-refractivity contribution in [2.45, 2.75) is 39.3 Å². The summed E-state index contributed by atoms with van der Waals surface area (Å²) in [7, 11) is 0. The summed E-state index contributed by atoms with van der Waals surface area (Å²) in [5.41, 5.74) is 3.52. The number of aromatic nitrogens is 1. The Bertz CT molecular complexity index is 470. The molecule has 20 heavy (non-hydrogen) atoms. The molecule has 2 aromatic rings. The van der Waals surface area contributed by atoms with Gasteiger partial charge in [-0.15, -0.1) is 0 Å². The van der Waals surface area contributed by atoms with Crippen LogP contribution in [0.5, 0.6) is 5.75 Å². The van der Waals surface area contributed by atoms with E-state index in [1.807, 2.05) is 25.3 Å². The Labute approximate surface area is 120 Å². The van der Waals surface area contributed by atoms with E-state index in [0.29, 0.717) is 11.8 Å². The van der Waals surface area contributed by atoms with Crippen molar-refractivity contribution in [2.24, 2.45) is 0 Å². The summed E-state index contributed by atoms with van der Waals surface area (Å²) in [5.74, 6) is 0.324. The summed E-state index contributed by atoms with van der Waals surface area (Å²) < 4.78 is 0. The van der Waals surface area contributed by atoms with E-state index >= 15 is 0 Å². The van der Waals surface area contributed by atoms with E-state index < -0.39 is 0 Å². The van der Waals surface area contributed by atoms with Gasteiger partial charge in [0.15, 0.2) is 0 Å². The van der Waals surface area contributed by atoms with E-state index in [0.717, 1.165) is 25.1 Å². The monoisotopic (exact) mass is 270 g/mol. The Kier molecular flexibility index (Phi) is 5.13. The predicted octanol–water partition coefficient (Wildman–Crippen LogP) is 3.21. The molecular weight excluding hydrogens is 248 g/mol. The van der Waals surface area contributed by atoms with E-state index in [1.54, 1.807) is 12.1 Å². The fraction of sp³-hybridized carbons (Fsp3) is 0.353. The first kappa shape index (κ1) is 14.5. The maximum atomic E-state index is 9.24. The number of aromatic hydroxyl groups is 1. The van der Waals surface area contributed by atoms with E-state index in [-0.39, 0.29) is 0 Å². The van der Waals surface area contributed by atoms with Crippen molar-refractivity contribution in [2.75, 3.05) is 0 Å². The van der Waals surface area contributed by atoms with Crippen molar-refractivity contribution in [1.82, 2.24) is 10.3 Å². The van der Waals surface area contributed by atoms with Crippen LogP contribution in [0.25, 0.3) is 0 Å². The highest BCUT2D eigenvalue weighted by Gasteiger charge is 2.03. The van der Waals surface area contributed by atoms with Gasteiger partial charge in [-0.25, -0.2) is 0 Å². The highest BCUT2D eigenvalue weighted by molar-refractivity contribution is 5.25. The van der Waals surface area contributed by atoms with Crippen LogP contribution in [0.3, 0.4) is 0 Å². The second-order valence-electron chi connectivity index (χ2n) is 5.31. The van der Waals surface area contributed by atoms with Gasteiger partial charge in [0.1, 0.15) is 5.75 Å². The number of phenols is 1. The minimum absolute atomic E-state index is 0.324. The van der Waals surface area contributed by atoms with E-state index in [1.165, 1.54) is 11.1 Å². The molecule has 2 rings (SSSR count). The van der Waals surface area contributed by atoms with Crippen LogP contribution in [0.15, 0.2) is 42.6 Å².